The number of para-hydroxylation sites is 2. The number of aliphatic imine (C=N–C) groups is 1. The zero-order valence-electron chi connectivity index (χ0n) is 13.4. The quantitative estimate of drug-likeness (QED) is 0.788. The molecule has 0 aromatic heterocycles. The SMILES string of the molecule is C[C@@H]1Cc2ccccc2N1C(=O)CSC1=Nc2ccccc2CS1. The molecule has 2 aromatic rings. The largest absolute Gasteiger partial charge is 0.308 e. The first-order valence-corrected chi connectivity index (χ1v) is 10.0. The van der Waals surface area contributed by atoms with Crippen LogP contribution in [0.25, 0.3) is 0 Å². The highest BCUT2D eigenvalue weighted by molar-refractivity contribution is 8.38. The molecule has 1 atom stereocenters. The average Bonchev–Trinajstić information content (AvgIpc) is 2.95. The smallest absolute Gasteiger partial charge is 0.237 e. The Kier molecular flexibility index (Phi) is 4.37. The van der Waals surface area contributed by atoms with Crippen LogP contribution in [0.1, 0.15) is 18.1 Å². The number of benzene rings is 2. The van der Waals surface area contributed by atoms with E-state index in [1.54, 1.807) is 23.5 Å². The molecule has 0 unspecified atom stereocenters. The highest BCUT2D eigenvalue weighted by Gasteiger charge is 2.30. The predicted octanol–water partition coefficient (Wildman–Crippen LogP) is 4.63. The number of carbonyl (C=O) groups excluding carboxylic acids is 1. The highest BCUT2D eigenvalue weighted by atomic mass is 32.2. The minimum Gasteiger partial charge on any atom is -0.308 e. The monoisotopic (exact) mass is 354 g/mol. The molecule has 0 spiro atoms. The van der Waals surface area contributed by atoms with Crippen LogP contribution >= 0.6 is 23.5 Å². The van der Waals surface area contributed by atoms with Crippen molar-refractivity contribution in [3.05, 3.63) is 59.7 Å². The number of fused-ring (bicyclic) bond motifs is 2. The third-order valence-corrected chi connectivity index (χ3v) is 6.58. The van der Waals surface area contributed by atoms with E-state index < -0.39 is 0 Å². The summed E-state index contributed by atoms with van der Waals surface area (Å²) in [5.74, 6) is 1.53. The van der Waals surface area contributed by atoms with E-state index in [4.69, 9.17) is 0 Å². The minimum atomic E-state index is 0.166. The number of amides is 1. The normalized spacial score (nSPS) is 18.8. The molecular weight excluding hydrogens is 336 g/mol. The lowest BCUT2D eigenvalue weighted by atomic mass is 10.1. The zero-order valence-corrected chi connectivity index (χ0v) is 15.1. The number of rotatable bonds is 2. The molecule has 0 radical (unpaired) electrons. The maximum atomic E-state index is 12.7. The van der Waals surface area contributed by atoms with Crippen LogP contribution in [0.15, 0.2) is 53.5 Å². The van der Waals surface area contributed by atoms with Gasteiger partial charge >= 0.3 is 0 Å². The maximum Gasteiger partial charge on any atom is 0.237 e. The van der Waals surface area contributed by atoms with Gasteiger partial charge in [0.2, 0.25) is 5.91 Å². The second-order valence-corrected chi connectivity index (χ2v) is 8.22. The molecule has 0 fully saturated rings. The summed E-state index contributed by atoms with van der Waals surface area (Å²) in [4.78, 5) is 19.4. The Balaban J connectivity index is 1.46. The number of nitrogens with zero attached hydrogens (tertiary/aromatic N) is 2. The van der Waals surface area contributed by atoms with Crippen molar-refractivity contribution in [1.82, 2.24) is 0 Å². The molecule has 0 saturated carbocycles. The van der Waals surface area contributed by atoms with Crippen molar-refractivity contribution in [2.75, 3.05) is 10.7 Å². The van der Waals surface area contributed by atoms with Crippen molar-refractivity contribution >= 4 is 45.2 Å². The summed E-state index contributed by atoms with van der Waals surface area (Å²) in [5, 5.41) is 0. The van der Waals surface area contributed by atoms with Gasteiger partial charge in [0.15, 0.2) is 0 Å². The Labute approximate surface area is 150 Å². The lowest BCUT2D eigenvalue weighted by molar-refractivity contribution is -0.116. The van der Waals surface area contributed by atoms with Crippen molar-refractivity contribution in [2.24, 2.45) is 4.99 Å². The van der Waals surface area contributed by atoms with Crippen LogP contribution in [0.2, 0.25) is 0 Å². The van der Waals surface area contributed by atoms with E-state index in [-0.39, 0.29) is 11.9 Å². The topological polar surface area (TPSA) is 32.7 Å². The summed E-state index contributed by atoms with van der Waals surface area (Å²) < 4.78 is 0.988. The van der Waals surface area contributed by atoms with Gasteiger partial charge in [0.05, 0.1) is 11.4 Å². The molecule has 0 aliphatic carbocycles. The number of hydrogen-bond donors (Lipinski definition) is 0. The van der Waals surface area contributed by atoms with Crippen LogP contribution in [0, 0.1) is 0 Å². The van der Waals surface area contributed by atoms with Gasteiger partial charge in [-0.3, -0.25) is 4.79 Å². The Bertz CT molecular complexity index is 819. The number of hydrogen-bond acceptors (Lipinski definition) is 4. The third-order valence-electron chi connectivity index (χ3n) is 4.35. The third kappa shape index (κ3) is 2.98. The summed E-state index contributed by atoms with van der Waals surface area (Å²) >= 11 is 3.27. The molecule has 5 heteroatoms. The molecule has 4 rings (SSSR count). The average molecular weight is 354 g/mol. The van der Waals surface area contributed by atoms with E-state index in [9.17, 15) is 4.79 Å². The van der Waals surface area contributed by atoms with Gasteiger partial charge in [0, 0.05) is 17.5 Å². The van der Waals surface area contributed by atoms with Crippen molar-refractivity contribution in [3.63, 3.8) is 0 Å². The summed E-state index contributed by atoms with van der Waals surface area (Å²) in [6, 6.07) is 16.6. The van der Waals surface area contributed by atoms with E-state index in [1.165, 1.54) is 11.1 Å². The molecule has 1 amide bonds. The highest BCUT2D eigenvalue weighted by Crippen LogP contribution is 2.36. The Morgan fingerprint density at radius 2 is 1.96 bits per heavy atom. The van der Waals surface area contributed by atoms with Crippen LogP contribution in [0.4, 0.5) is 11.4 Å². The molecule has 2 aliphatic heterocycles. The number of carbonyl (C=O) groups is 1. The van der Waals surface area contributed by atoms with Crippen molar-refractivity contribution in [3.8, 4) is 0 Å². The lowest BCUT2D eigenvalue weighted by Crippen LogP contribution is -2.37. The van der Waals surface area contributed by atoms with Gasteiger partial charge in [-0.1, -0.05) is 59.9 Å². The fraction of sp³-hybridized carbons (Fsp3) is 0.263. The Morgan fingerprint density at radius 3 is 2.83 bits per heavy atom. The predicted molar refractivity (Wildman–Crippen MR) is 104 cm³/mol. The van der Waals surface area contributed by atoms with Gasteiger partial charge < -0.3 is 4.90 Å². The van der Waals surface area contributed by atoms with Gasteiger partial charge in [0.25, 0.3) is 0 Å². The first-order chi connectivity index (χ1) is 11.7. The Hall–Kier alpha value is -1.72. The van der Waals surface area contributed by atoms with Gasteiger partial charge in [-0.2, -0.15) is 0 Å². The minimum absolute atomic E-state index is 0.166. The molecule has 24 heavy (non-hydrogen) atoms. The van der Waals surface area contributed by atoms with Gasteiger partial charge in [-0.05, 0) is 36.6 Å². The first-order valence-electron chi connectivity index (χ1n) is 8.04. The van der Waals surface area contributed by atoms with E-state index >= 15 is 0 Å². The van der Waals surface area contributed by atoms with E-state index in [0.717, 1.165) is 27.9 Å². The van der Waals surface area contributed by atoms with Gasteiger partial charge in [-0.25, -0.2) is 4.99 Å². The van der Waals surface area contributed by atoms with Crippen LogP contribution in [0.3, 0.4) is 0 Å². The summed E-state index contributed by atoms with van der Waals surface area (Å²) in [5.41, 5.74) is 4.63. The van der Waals surface area contributed by atoms with Crippen LogP contribution < -0.4 is 4.90 Å². The second-order valence-electron chi connectivity index (χ2n) is 6.03. The van der Waals surface area contributed by atoms with E-state index in [0.29, 0.717) is 5.75 Å². The summed E-state index contributed by atoms with van der Waals surface area (Å²) in [7, 11) is 0. The molecule has 0 saturated heterocycles. The van der Waals surface area contributed by atoms with Crippen LogP contribution in [-0.4, -0.2) is 22.1 Å². The van der Waals surface area contributed by atoms with Gasteiger partial charge in [0.1, 0.15) is 4.38 Å². The first kappa shape index (κ1) is 15.8. The number of anilines is 1. The molecule has 3 nitrogen and oxygen atoms in total. The van der Waals surface area contributed by atoms with E-state index in [2.05, 4.69) is 24.0 Å². The summed E-state index contributed by atoms with van der Waals surface area (Å²) in [6.07, 6.45) is 0.940. The van der Waals surface area contributed by atoms with Crippen LogP contribution in [0.5, 0.6) is 0 Å². The molecule has 2 aliphatic rings. The standard InChI is InChI=1S/C19H18N2OS2/c1-13-10-14-6-3-5-9-17(14)21(13)18(22)12-24-19-20-16-8-4-2-7-15(16)11-23-19/h2-9,13H,10-12H2,1H3/t13-/m1/s1. The molecular formula is C19H18N2OS2. The van der Waals surface area contributed by atoms with Crippen molar-refractivity contribution in [2.45, 2.75) is 25.1 Å². The second kappa shape index (κ2) is 6.65. The maximum absolute atomic E-state index is 12.7. The molecule has 2 heterocycles. The molecule has 0 N–H and O–H groups in total. The lowest BCUT2D eigenvalue weighted by Gasteiger charge is -2.23. The molecule has 122 valence electrons. The Morgan fingerprint density at radius 1 is 1.21 bits per heavy atom. The zero-order chi connectivity index (χ0) is 16.5. The summed E-state index contributed by atoms with van der Waals surface area (Å²) in [6.45, 7) is 2.12. The van der Waals surface area contributed by atoms with Crippen molar-refractivity contribution < 1.29 is 4.79 Å². The molecule has 0 bridgehead atoms. The van der Waals surface area contributed by atoms with Crippen LogP contribution in [-0.2, 0) is 17.0 Å². The number of thioether (sulfide) groups is 2. The van der Waals surface area contributed by atoms with E-state index in [1.807, 2.05) is 41.3 Å². The molecule has 2 aromatic carbocycles. The van der Waals surface area contributed by atoms with Crippen molar-refractivity contribution in [1.29, 1.82) is 0 Å². The fourth-order valence-corrected chi connectivity index (χ4v) is 5.15. The fourth-order valence-electron chi connectivity index (χ4n) is 3.22. The van der Waals surface area contributed by atoms with Gasteiger partial charge in [-0.15, -0.1) is 0 Å².